The van der Waals surface area contributed by atoms with Crippen molar-refractivity contribution in [2.45, 2.75) is 6.54 Å². The van der Waals surface area contributed by atoms with Gasteiger partial charge < -0.3 is 9.30 Å². The number of halogens is 1. The van der Waals surface area contributed by atoms with E-state index in [-0.39, 0.29) is 5.57 Å². The first kappa shape index (κ1) is 16.6. The number of aromatic nitrogens is 1. The molecule has 1 heterocycles. The van der Waals surface area contributed by atoms with Gasteiger partial charge in [-0.1, -0.05) is 41.9 Å². The van der Waals surface area contributed by atoms with Gasteiger partial charge in [-0.05, 0) is 24.3 Å². The summed E-state index contributed by atoms with van der Waals surface area (Å²) in [6.07, 6.45) is 3.53. The van der Waals surface area contributed by atoms with Crippen molar-refractivity contribution in [1.82, 2.24) is 4.57 Å². The molecule has 0 fully saturated rings. The van der Waals surface area contributed by atoms with E-state index in [9.17, 15) is 0 Å². The predicted molar refractivity (Wildman–Crippen MR) is 98.1 cm³/mol. The largest absolute Gasteiger partial charge is 0.490 e. The molecule has 0 spiro atoms. The van der Waals surface area contributed by atoms with E-state index >= 15 is 0 Å². The average molecular weight is 348 g/mol. The summed E-state index contributed by atoms with van der Waals surface area (Å²) in [7, 11) is 0. The highest BCUT2D eigenvalue weighted by Crippen LogP contribution is 2.25. The first-order valence-electron chi connectivity index (χ1n) is 7.70. The number of nitrogens with zero attached hydrogens (tertiary/aromatic N) is 3. The molecular weight excluding hydrogens is 334 g/mol. The standard InChI is InChI=1S/C20H14ClN3O/c21-18-6-2-4-8-20(18)25-10-9-24-14-16(11-15(12-22)13-23)17-5-1-3-7-19(17)24/h1-8,11,14H,9-10H2. The Labute approximate surface area is 150 Å². The molecule has 0 bridgehead atoms. The normalized spacial score (nSPS) is 10.0. The molecule has 5 heteroatoms. The zero-order chi connectivity index (χ0) is 17.6. The molecule has 0 aliphatic carbocycles. The van der Waals surface area contributed by atoms with Crippen LogP contribution in [0.3, 0.4) is 0 Å². The van der Waals surface area contributed by atoms with Crippen LogP contribution in [-0.2, 0) is 6.54 Å². The molecule has 1 aromatic heterocycles. The number of rotatable bonds is 5. The molecule has 25 heavy (non-hydrogen) atoms. The van der Waals surface area contributed by atoms with E-state index in [1.54, 1.807) is 12.1 Å². The van der Waals surface area contributed by atoms with Gasteiger partial charge in [-0.25, -0.2) is 0 Å². The van der Waals surface area contributed by atoms with Gasteiger partial charge in [-0.15, -0.1) is 0 Å². The summed E-state index contributed by atoms with van der Waals surface area (Å²) in [5.41, 5.74) is 1.94. The Hall–Kier alpha value is -3.21. The molecule has 0 unspecified atom stereocenters. The van der Waals surface area contributed by atoms with Crippen molar-refractivity contribution in [3.63, 3.8) is 0 Å². The number of nitriles is 2. The van der Waals surface area contributed by atoms with E-state index < -0.39 is 0 Å². The zero-order valence-electron chi connectivity index (χ0n) is 13.3. The van der Waals surface area contributed by atoms with Crippen LogP contribution in [0, 0.1) is 22.7 Å². The molecule has 0 aliphatic rings. The lowest BCUT2D eigenvalue weighted by atomic mass is 10.1. The molecule has 122 valence electrons. The highest BCUT2D eigenvalue weighted by Gasteiger charge is 2.08. The van der Waals surface area contributed by atoms with Crippen molar-refractivity contribution in [2.75, 3.05) is 6.61 Å². The van der Waals surface area contributed by atoms with Gasteiger partial charge in [0.2, 0.25) is 0 Å². The minimum absolute atomic E-state index is 0.0789. The van der Waals surface area contributed by atoms with E-state index in [0.717, 1.165) is 16.5 Å². The van der Waals surface area contributed by atoms with E-state index in [1.807, 2.05) is 65.4 Å². The fraction of sp³-hybridized carbons (Fsp3) is 0.100. The van der Waals surface area contributed by atoms with Crippen LogP contribution in [-0.4, -0.2) is 11.2 Å². The van der Waals surface area contributed by atoms with Gasteiger partial charge in [-0.2, -0.15) is 10.5 Å². The topological polar surface area (TPSA) is 61.7 Å². The lowest BCUT2D eigenvalue weighted by Crippen LogP contribution is -2.07. The fourth-order valence-corrected chi connectivity index (χ4v) is 2.83. The third-order valence-electron chi connectivity index (χ3n) is 3.79. The molecule has 0 radical (unpaired) electrons. The number of allylic oxidation sites excluding steroid dienone is 1. The number of ether oxygens (including phenoxy) is 1. The van der Waals surface area contributed by atoms with Crippen LogP contribution >= 0.6 is 11.6 Å². The van der Waals surface area contributed by atoms with Crippen LogP contribution < -0.4 is 4.74 Å². The maximum absolute atomic E-state index is 8.98. The third-order valence-corrected chi connectivity index (χ3v) is 4.10. The molecule has 4 nitrogen and oxygen atoms in total. The van der Waals surface area contributed by atoms with Crippen molar-refractivity contribution in [3.05, 3.63) is 70.9 Å². The molecule has 0 amide bonds. The average Bonchev–Trinajstić information content (AvgIpc) is 2.99. The Balaban J connectivity index is 1.85. The minimum atomic E-state index is 0.0789. The molecule has 0 atom stereocenters. The van der Waals surface area contributed by atoms with Gasteiger partial charge in [0, 0.05) is 22.7 Å². The minimum Gasteiger partial charge on any atom is -0.490 e. The number of hydrogen-bond acceptors (Lipinski definition) is 3. The van der Waals surface area contributed by atoms with Gasteiger partial charge in [0.15, 0.2) is 0 Å². The van der Waals surface area contributed by atoms with E-state index in [1.165, 1.54) is 0 Å². The van der Waals surface area contributed by atoms with E-state index in [4.69, 9.17) is 26.9 Å². The quantitative estimate of drug-likeness (QED) is 0.622. The number of hydrogen-bond donors (Lipinski definition) is 0. The van der Waals surface area contributed by atoms with E-state index in [0.29, 0.717) is 23.9 Å². The Bertz CT molecular complexity index is 1010. The Morgan fingerprint density at radius 1 is 1.08 bits per heavy atom. The van der Waals surface area contributed by atoms with Crippen LogP contribution in [0.4, 0.5) is 0 Å². The molecule has 0 N–H and O–H groups in total. The summed E-state index contributed by atoms with van der Waals surface area (Å²) < 4.78 is 7.80. The molecule has 3 aromatic rings. The summed E-state index contributed by atoms with van der Waals surface area (Å²) in [4.78, 5) is 0. The lowest BCUT2D eigenvalue weighted by molar-refractivity contribution is 0.300. The second-order valence-electron chi connectivity index (χ2n) is 5.36. The number of benzene rings is 2. The highest BCUT2D eigenvalue weighted by atomic mass is 35.5. The van der Waals surface area contributed by atoms with Crippen molar-refractivity contribution in [2.24, 2.45) is 0 Å². The van der Waals surface area contributed by atoms with Gasteiger partial charge in [0.1, 0.15) is 30.1 Å². The Kier molecular flexibility index (Phi) is 5.04. The number of para-hydroxylation sites is 2. The smallest absolute Gasteiger partial charge is 0.137 e. The summed E-state index contributed by atoms with van der Waals surface area (Å²) in [5.74, 6) is 0.650. The predicted octanol–water partition coefficient (Wildman–Crippen LogP) is 4.80. The fourth-order valence-electron chi connectivity index (χ4n) is 2.64. The maximum Gasteiger partial charge on any atom is 0.137 e. The van der Waals surface area contributed by atoms with E-state index in [2.05, 4.69) is 0 Å². The van der Waals surface area contributed by atoms with Crippen molar-refractivity contribution in [3.8, 4) is 17.9 Å². The van der Waals surface area contributed by atoms with Crippen LogP contribution in [0.25, 0.3) is 17.0 Å². The number of fused-ring (bicyclic) bond motifs is 1. The van der Waals surface area contributed by atoms with Crippen molar-refractivity contribution >= 4 is 28.6 Å². The first-order valence-corrected chi connectivity index (χ1v) is 8.08. The van der Waals surface area contributed by atoms with Crippen LogP contribution in [0.1, 0.15) is 5.56 Å². The summed E-state index contributed by atoms with van der Waals surface area (Å²) in [5, 5.41) is 19.5. The highest BCUT2D eigenvalue weighted by molar-refractivity contribution is 6.32. The van der Waals surface area contributed by atoms with Gasteiger partial charge >= 0.3 is 0 Å². The summed E-state index contributed by atoms with van der Waals surface area (Å²) in [6.45, 7) is 1.07. The Morgan fingerprint density at radius 3 is 2.56 bits per heavy atom. The second-order valence-corrected chi connectivity index (χ2v) is 5.76. The van der Waals surface area contributed by atoms with Gasteiger partial charge in [0.25, 0.3) is 0 Å². The van der Waals surface area contributed by atoms with Crippen molar-refractivity contribution < 1.29 is 4.74 Å². The maximum atomic E-state index is 8.98. The zero-order valence-corrected chi connectivity index (χ0v) is 14.1. The molecule has 0 saturated carbocycles. The molecule has 2 aromatic carbocycles. The first-order chi connectivity index (χ1) is 12.2. The van der Waals surface area contributed by atoms with Crippen LogP contribution in [0.15, 0.2) is 60.3 Å². The lowest BCUT2D eigenvalue weighted by Gasteiger charge is -2.09. The summed E-state index contributed by atoms with van der Waals surface area (Å²) >= 11 is 6.09. The van der Waals surface area contributed by atoms with Gasteiger partial charge in [-0.3, -0.25) is 0 Å². The van der Waals surface area contributed by atoms with Crippen LogP contribution in [0.5, 0.6) is 5.75 Å². The molecule has 0 aliphatic heterocycles. The summed E-state index contributed by atoms with van der Waals surface area (Å²) in [6, 6.07) is 19.0. The second kappa shape index (κ2) is 7.57. The Morgan fingerprint density at radius 2 is 1.80 bits per heavy atom. The van der Waals surface area contributed by atoms with Crippen LogP contribution in [0.2, 0.25) is 5.02 Å². The third kappa shape index (κ3) is 3.66. The molecule has 0 saturated heterocycles. The van der Waals surface area contributed by atoms with Crippen molar-refractivity contribution in [1.29, 1.82) is 10.5 Å². The molecule has 3 rings (SSSR count). The van der Waals surface area contributed by atoms with Gasteiger partial charge in [0.05, 0.1) is 11.6 Å². The monoisotopic (exact) mass is 347 g/mol. The molecular formula is C20H14ClN3O. The SMILES string of the molecule is N#CC(C#N)=Cc1cn(CCOc2ccccc2Cl)c2ccccc12.